The van der Waals surface area contributed by atoms with Crippen molar-refractivity contribution in [1.29, 1.82) is 5.53 Å². The Balaban J connectivity index is 2.36. The number of hydrogen-bond acceptors (Lipinski definition) is 3. The highest BCUT2D eigenvalue weighted by Gasteiger charge is 1.95. The third-order valence-electron chi connectivity index (χ3n) is 2.11. The minimum atomic E-state index is 0.355. The lowest BCUT2D eigenvalue weighted by molar-refractivity contribution is 0.103. The molecule has 1 N–H and O–H groups in total. The van der Waals surface area contributed by atoms with E-state index in [9.17, 15) is 0 Å². The molecular weight excluding hydrogens is 176 g/mol. The molecule has 0 saturated heterocycles. The maximum Gasteiger partial charge on any atom is 0.144 e. The van der Waals surface area contributed by atoms with Crippen LogP contribution < -0.4 is 0 Å². The summed E-state index contributed by atoms with van der Waals surface area (Å²) in [7, 11) is 0. The zero-order valence-corrected chi connectivity index (χ0v) is 7.60. The van der Waals surface area contributed by atoms with Crippen LogP contribution in [0, 0.1) is 5.53 Å². The van der Waals surface area contributed by atoms with Crippen LogP contribution in [0.3, 0.4) is 0 Å². The summed E-state index contributed by atoms with van der Waals surface area (Å²) in [6, 6.07) is 14.2. The van der Waals surface area contributed by atoms with Gasteiger partial charge >= 0.3 is 0 Å². The van der Waals surface area contributed by atoms with E-state index in [1.165, 1.54) is 10.8 Å². The minimum absolute atomic E-state index is 0.355. The van der Waals surface area contributed by atoms with E-state index in [2.05, 4.69) is 22.2 Å². The Morgan fingerprint density at radius 2 is 1.86 bits per heavy atom. The summed E-state index contributed by atoms with van der Waals surface area (Å²) in [5.74, 6) is 0. The molecule has 0 aliphatic rings. The van der Waals surface area contributed by atoms with Gasteiger partial charge in [-0.3, -0.25) is 0 Å². The van der Waals surface area contributed by atoms with Crippen LogP contribution >= 0.6 is 0 Å². The van der Waals surface area contributed by atoms with Crippen LogP contribution in [0.4, 0.5) is 0 Å². The first kappa shape index (κ1) is 8.69. The monoisotopic (exact) mass is 186 g/mol. The van der Waals surface area contributed by atoms with Crippen LogP contribution in [-0.2, 0) is 11.4 Å². The molecule has 0 radical (unpaired) electrons. The van der Waals surface area contributed by atoms with Crippen molar-refractivity contribution in [2.24, 2.45) is 5.28 Å². The van der Waals surface area contributed by atoms with Crippen LogP contribution in [0.25, 0.3) is 10.8 Å². The summed E-state index contributed by atoms with van der Waals surface area (Å²) in [6.45, 7) is 0.355. The van der Waals surface area contributed by atoms with Gasteiger partial charge in [-0.25, -0.2) is 0 Å². The average molecular weight is 186 g/mol. The van der Waals surface area contributed by atoms with Gasteiger partial charge in [0.1, 0.15) is 6.61 Å². The summed E-state index contributed by atoms with van der Waals surface area (Å²) < 4.78 is 0. The Morgan fingerprint density at radius 1 is 1.07 bits per heavy atom. The average Bonchev–Trinajstić information content (AvgIpc) is 2.26. The molecule has 0 amide bonds. The molecule has 0 unspecified atom stereocenters. The molecule has 2 rings (SSSR count). The fourth-order valence-electron chi connectivity index (χ4n) is 1.44. The number of hydrogen-bond donors (Lipinski definition) is 1. The van der Waals surface area contributed by atoms with Crippen molar-refractivity contribution in [3.63, 3.8) is 0 Å². The molecule has 0 aliphatic heterocycles. The molecule has 70 valence electrons. The molecule has 0 aromatic heterocycles. The highest BCUT2D eigenvalue weighted by atomic mass is 16.6. The van der Waals surface area contributed by atoms with Crippen LogP contribution in [0.5, 0.6) is 0 Å². The van der Waals surface area contributed by atoms with Crippen molar-refractivity contribution in [1.82, 2.24) is 0 Å². The SMILES string of the molecule is N=NOCc1ccc2ccccc2c1. The van der Waals surface area contributed by atoms with E-state index >= 15 is 0 Å². The summed E-state index contributed by atoms with van der Waals surface area (Å²) >= 11 is 0. The normalized spacial score (nSPS) is 10.0. The largest absolute Gasteiger partial charge is 0.375 e. The van der Waals surface area contributed by atoms with Crippen LogP contribution in [0.2, 0.25) is 0 Å². The molecule has 3 nitrogen and oxygen atoms in total. The highest BCUT2D eigenvalue weighted by Crippen LogP contribution is 2.15. The van der Waals surface area contributed by atoms with Crippen LogP contribution in [0.1, 0.15) is 5.56 Å². The van der Waals surface area contributed by atoms with Gasteiger partial charge in [-0.1, -0.05) is 36.4 Å². The van der Waals surface area contributed by atoms with Crippen molar-refractivity contribution in [2.75, 3.05) is 0 Å². The summed E-state index contributed by atoms with van der Waals surface area (Å²) in [6.07, 6.45) is 0. The topological polar surface area (TPSA) is 45.4 Å². The molecule has 0 fully saturated rings. The fraction of sp³-hybridized carbons (Fsp3) is 0.0909. The van der Waals surface area contributed by atoms with Gasteiger partial charge < -0.3 is 4.84 Å². The molecule has 0 spiro atoms. The molecule has 0 heterocycles. The zero-order chi connectivity index (χ0) is 9.80. The standard InChI is InChI=1S/C11H10N2O/c12-13-14-8-9-5-6-10-3-1-2-4-11(10)7-9/h1-7,12H,8H2. The summed E-state index contributed by atoms with van der Waals surface area (Å²) in [5.41, 5.74) is 7.55. The van der Waals surface area contributed by atoms with Crippen molar-refractivity contribution in [3.05, 3.63) is 48.0 Å². The predicted molar refractivity (Wildman–Crippen MR) is 53.9 cm³/mol. The number of benzene rings is 2. The molecule has 14 heavy (non-hydrogen) atoms. The summed E-state index contributed by atoms with van der Waals surface area (Å²) in [4.78, 5) is 4.66. The lowest BCUT2D eigenvalue weighted by Gasteiger charge is -2.01. The van der Waals surface area contributed by atoms with Crippen LogP contribution in [0.15, 0.2) is 47.7 Å². The molecule has 0 saturated carbocycles. The van der Waals surface area contributed by atoms with Gasteiger partial charge in [0, 0.05) is 5.28 Å². The quantitative estimate of drug-likeness (QED) is 0.580. The first-order valence-corrected chi connectivity index (χ1v) is 4.36. The number of nitrogens with zero attached hydrogens (tertiary/aromatic N) is 1. The Hall–Kier alpha value is -1.90. The first-order valence-electron chi connectivity index (χ1n) is 4.36. The van der Waals surface area contributed by atoms with E-state index in [1.807, 2.05) is 30.3 Å². The third kappa shape index (κ3) is 1.71. The Kier molecular flexibility index (Phi) is 2.40. The van der Waals surface area contributed by atoms with Crippen molar-refractivity contribution in [3.8, 4) is 0 Å². The minimum Gasteiger partial charge on any atom is -0.375 e. The van der Waals surface area contributed by atoms with E-state index < -0.39 is 0 Å². The molecular formula is C11H10N2O. The van der Waals surface area contributed by atoms with Crippen molar-refractivity contribution < 1.29 is 4.84 Å². The van der Waals surface area contributed by atoms with Crippen LogP contribution in [-0.4, -0.2) is 0 Å². The number of rotatable bonds is 3. The lowest BCUT2D eigenvalue weighted by Crippen LogP contribution is -1.85. The Labute approximate surface area is 81.8 Å². The van der Waals surface area contributed by atoms with Gasteiger partial charge in [0.05, 0.1) is 0 Å². The van der Waals surface area contributed by atoms with Gasteiger partial charge in [-0.05, 0) is 22.4 Å². The van der Waals surface area contributed by atoms with E-state index in [-0.39, 0.29) is 0 Å². The smallest absolute Gasteiger partial charge is 0.144 e. The van der Waals surface area contributed by atoms with Gasteiger partial charge in [-0.2, -0.15) is 5.53 Å². The first-order chi connectivity index (χ1) is 6.90. The lowest BCUT2D eigenvalue weighted by atomic mass is 10.1. The molecule has 0 atom stereocenters. The van der Waals surface area contributed by atoms with Crippen molar-refractivity contribution in [2.45, 2.75) is 6.61 Å². The van der Waals surface area contributed by atoms with Gasteiger partial charge in [0.25, 0.3) is 0 Å². The Morgan fingerprint density at radius 3 is 2.64 bits per heavy atom. The zero-order valence-electron chi connectivity index (χ0n) is 7.60. The van der Waals surface area contributed by atoms with E-state index in [0.717, 1.165) is 5.56 Å². The maximum absolute atomic E-state index is 6.52. The highest BCUT2D eigenvalue weighted by molar-refractivity contribution is 5.82. The second-order valence-corrected chi connectivity index (χ2v) is 3.05. The predicted octanol–water partition coefficient (Wildman–Crippen LogP) is 3.30. The molecule has 3 heteroatoms. The molecule has 2 aromatic rings. The second-order valence-electron chi connectivity index (χ2n) is 3.05. The van der Waals surface area contributed by atoms with Gasteiger partial charge in [0.2, 0.25) is 0 Å². The van der Waals surface area contributed by atoms with E-state index in [1.54, 1.807) is 0 Å². The van der Waals surface area contributed by atoms with Crippen molar-refractivity contribution >= 4 is 10.8 Å². The summed E-state index contributed by atoms with van der Waals surface area (Å²) in [5, 5.41) is 5.25. The fourth-order valence-corrected chi connectivity index (χ4v) is 1.44. The Bertz CT molecular complexity index is 454. The van der Waals surface area contributed by atoms with Gasteiger partial charge in [0.15, 0.2) is 0 Å². The molecule has 0 bridgehead atoms. The van der Waals surface area contributed by atoms with Gasteiger partial charge in [-0.15, -0.1) is 0 Å². The molecule has 2 aromatic carbocycles. The number of nitrogens with one attached hydrogen (secondary N) is 1. The number of fused-ring (bicyclic) bond motifs is 1. The molecule has 0 aliphatic carbocycles. The maximum atomic E-state index is 6.52. The third-order valence-corrected chi connectivity index (χ3v) is 2.11. The second kappa shape index (κ2) is 3.87. The van der Waals surface area contributed by atoms with E-state index in [4.69, 9.17) is 5.53 Å². The van der Waals surface area contributed by atoms with E-state index in [0.29, 0.717) is 6.61 Å².